The van der Waals surface area contributed by atoms with Gasteiger partial charge in [-0.05, 0) is 19.3 Å². The Hall–Kier alpha value is -1.25. The zero-order valence-electron chi connectivity index (χ0n) is 12.4. The van der Waals surface area contributed by atoms with Gasteiger partial charge in [0.15, 0.2) is 0 Å². The number of carbonyl (C=O) groups excluding carboxylic acids is 1. The third kappa shape index (κ3) is 4.19. The maximum Gasteiger partial charge on any atom is 0.430 e. The molecular weight excluding hydrogens is 330 g/mol. The molecule has 1 atom stereocenters. The Labute approximate surface area is 129 Å². The van der Waals surface area contributed by atoms with Crippen LogP contribution in [-0.4, -0.2) is 35.1 Å². The van der Waals surface area contributed by atoms with Crippen LogP contribution >= 0.6 is 0 Å². The second-order valence-corrected chi connectivity index (χ2v) is 5.82. The first-order valence-corrected chi connectivity index (χ1v) is 7.03. The highest BCUT2D eigenvalue weighted by Gasteiger charge is 2.75. The van der Waals surface area contributed by atoms with Crippen LogP contribution in [0.4, 0.5) is 26.3 Å². The Morgan fingerprint density at radius 3 is 1.96 bits per heavy atom. The highest BCUT2D eigenvalue weighted by atomic mass is 19.4. The van der Waals surface area contributed by atoms with Crippen LogP contribution in [0, 0.1) is 5.92 Å². The summed E-state index contributed by atoms with van der Waals surface area (Å²) in [6, 6.07) is 0. The van der Waals surface area contributed by atoms with Gasteiger partial charge in [-0.3, -0.25) is 0 Å². The molecule has 23 heavy (non-hydrogen) atoms. The van der Waals surface area contributed by atoms with Crippen LogP contribution in [0.3, 0.4) is 0 Å². The lowest BCUT2D eigenvalue weighted by molar-refractivity contribution is -0.392. The van der Waals surface area contributed by atoms with Crippen molar-refractivity contribution in [2.75, 3.05) is 0 Å². The van der Waals surface area contributed by atoms with Crippen molar-refractivity contribution >= 4 is 5.97 Å². The van der Waals surface area contributed by atoms with Crippen molar-refractivity contribution in [1.82, 2.24) is 0 Å². The van der Waals surface area contributed by atoms with E-state index in [0.717, 1.165) is 6.92 Å². The van der Waals surface area contributed by atoms with Crippen molar-refractivity contribution in [3.8, 4) is 0 Å². The van der Waals surface area contributed by atoms with Gasteiger partial charge in [0.2, 0.25) is 0 Å². The molecule has 1 aliphatic carbocycles. The van der Waals surface area contributed by atoms with Gasteiger partial charge < -0.3 is 9.84 Å². The summed E-state index contributed by atoms with van der Waals surface area (Å²) >= 11 is 0. The van der Waals surface area contributed by atoms with Gasteiger partial charge in [0.05, 0.1) is 0 Å². The monoisotopic (exact) mass is 348 g/mol. The van der Waals surface area contributed by atoms with Crippen molar-refractivity contribution in [1.29, 1.82) is 0 Å². The number of aliphatic hydroxyl groups is 1. The van der Waals surface area contributed by atoms with Crippen molar-refractivity contribution in [3.63, 3.8) is 0 Å². The summed E-state index contributed by atoms with van der Waals surface area (Å²) in [5.74, 6) is -1.88. The number of esters is 1. The van der Waals surface area contributed by atoms with Crippen LogP contribution in [0.5, 0.6) is 0 Å². The quantitative estimate of drug-likeness (QED) is 0.466. The first-order chi connectivity index (χ1) is 10.3. The van der Waals surface area contributed by atoms with E-state index in [1.165, 1.54) is 0 Å². The van der Waals surface area contributed by atoms with E-state index in [4.69, 9.17) is 0 Å². The first-order valence-electron chi connectivity index (χ1n) is 7.03. The molecule has 3 nitrogen and oxygen atoms in total. The molecule has 1 rings (SSSR count). The number of alkyl halides is 6. The number of halogens is 6. The largest absolute Gasteiger partial charge is 0.455 e. The Balaban J connectivity index is 3.21. The minimum atomic E-state index is -6.04. The molecule has 1 saturated carbocycles. The van der Waals surface area contributed by atoms with Crippen LogP contribution in [0.2, 0.25) is 0 Å². The number of ether oxygens (including phenoxy) is 1. The van der Waals surface area contributed by atoms with Gasteiger partial charge in [-0.25, -0.2) is 4.79 Å². The fourth-order valence-corrected chi connectivity index (χ4v) is 2.61. The molecule has 0 saturated heterocycles. The summed E-state index contributed by atoms with van der Waals surface area (Å²) in [5.41, 5.74) is -5.47. The van der Waals surface area contributed by atoms with Crippen molar-refractivity contribution < 1.29 is 41.0 Å². The lowest BCUT2D eigenvalue weighted by atomic mass is 9.86. The molecule has 0 amide bonds. The molecular formula is C14H18F6O3. The van der Waals surface area contributed by atoms with Crippen molar-refractivity contribution in [2.45, 2.75) is 63.1 Å². The first kappa shape index (κ1) is 19.8. The molecule has 1 fully saturated rings. The standard InChI is InChI=1S/C14H18F6O3/c1-8(2)11(21)23-10(7-9-5-3-4-6-9)12(22,13(15,16)17)14(18,19)20/h9-10,22H,1,3-7H2,2H3. The van der Waals surface area contributed by atoms with E-state index >= 15 is 0 Å². The molecule has 9 heteroatoms. The fraction of sp³-hybridized carbons (Fsp3) is 0.786. The zero-order chi connectivity index (χ0) is 18.1. The van der Waals surface area contributed by atoms with E-state index in [-0.39, 0.29) is 5.57 Å². The van der Waals surface area contributed by atoms with E-state index in [9.17, 15) is 36.2 Å². The van der Waals surface area contributed by atoms with Crippen molar-refractivity contribution in [3.05, 3.63) is 12.2 Å². The van der Waals surface area contributed by atoms with Gasteiger partial charge in [0.25, 0.3) is 5.60 Å². The maximum absolute atomic E-state index is 13.0. The Kier molecular flexibility index (Phi) is 5.77. The van der Waals surface area contributed by atoms with Crippen LogP contribution in [0.25, 0.3) is 0 Å². The van der Waals surface area contributed by atoms with Crippen LogP contribution in [0.1, 0.15) is 39.0 Å². The second kappa shape index (κ2) is 6.70. The van der Waals surface area contributed by atoms with Gasteiger partial charge >= 0.3 is 18.3 Å². The molecule has 0 aliphatic heterocycles. The highest BCUT2D eigenvalue weighted by molar-refractivity contribution is 5.87. The minimum absolute atomic E-state index is 0.354. The summed E-state index contributed by atoms with van der Waals surface area (Å²) in [4.78, 5) is 11.5. The summed E-state index contributed by atoms with van der Waals surface area (Å²) in [5, 5.41) is 9.48. The molecule has 0 radical (unpaired) electrons. The molecule has 134 valence electrons. The molecule has 1 N–H and O–H groups in total. The third-order valence-electron chi connectivity index (χ3n) is 3.95. The lowest BCUT2D eigenvalue weighted by Crippen LogP contribution is -2.65. The Morgan fingerprint density at radius 1 is 1.17 bits per heavy atom. The highest BCUT2D eigenvalue weighted by Crippen LogP contribution is 2.48. The number of hydrogen-bond acceptors (Lipinski definition) is 3. The number of rotatable bonds is 5. The van der Waals surface area contributed by atoms with E-state index in [1.54, 1.807) is 0 Å². The lowest BCUT2D eigenvalue weighted by Gasteiger charge is -2.39. The Morgan fingerprint density at radius 2 is 1.61 bits per heavy atom. The predicted molar refractivity (Wildman–Crippen MR) is 68.3 cm³/mol. The van der Waals surface area contributed by atoms with Gasteiger partial charge in [0.1, 0.15) is 6.10 Å². The smallest absolute Gasteiger partial charge is 0.430 e. The van der Waals surface area contributed by atoms with Crippen LogP contribution in [0.15, 0.2) is 12.2 Å². The van der Waals surface area contributed by atoms with Crippen molar-refractivity contribution in [2.24, 2.45) is 5.92 Å². The molecule has 0 bridgehead atoms. The average molecular weight is 348 g/mol. The predicted octanol–water partition coefficient (Wildman–Crippen LogP) is 3.91. The van der Waals surface area contributed by atoms with Gasteiger partial charge in [-0.2, -0.15) is 26.3 Å². The summed E-state index contributed by atoms with van der Waals surface area (Å²) in [7, 11) is 0. The summed E-state index contributed by atoms with van der Waals surface area (Å²) in [6.45, 7) is 4.22. The average Bonchev–Trinajstić information content (AvgIpc) is 2.86. The van der Waals surface area contributed by atoms with E-state index < -0.39 is 42.4 Å². The minimum Gasteiger partial charge on any atom is -0.455 e. The van der Waals surface area contributed by atoms with E-state index in [2.05, 4.69) is 11.3 Å². The summed E-state index contributed by atoms with van der Waals surface area (Å²) in [6.07, 6.45) is -13.4. The van der Waals surface area contributed by atoms with E-state index in [0.29, 0.717) is 25.7 Å². The molecule has 0 aromatic carbocycles. The third-order valence-corrected chi connectivity index (χ3v) is 3.95. The maximum atomic E-state index is 13.0. The SMILES string of the molecule is C=C(C)C(=O)OC(CC1CCCC1)C(O)(C(F)(F)F)C(F)(F)F. The van der Waals surface area contributed by atoms with Gasteiger partial charge in [0, 0.05) is 5.57 Å². The fourth-order valence-electron chi connectivity index (χ4n) is 2.61. The topological polar surface area (TPSA) is 46.5 Å². The normalized spacial score (nSPS) is 18.8. The second-order valence-electron chi connectivity index (χ2n) is 5.82. The number of carbonyl (C=O) groups is 1. The van der Waals surface area contributed by atoms with Crippen LogP contribution < -0.4 is 0 Å². The van der Waals surface area contributed by atoms with Gasteiger partial charge in [-0.15, -0.1) is 0 Å². The zero-order valence-corrected chi connectivity index (χ0v) is 12.4. The molecule has 0 aromatic rings. The Bertz CT molecular complexity index is 434. The summed E-state index contributed by atoms with van der Waals surface area (Å²) < 4.78 is 82.3. The molecule has 1 unspecified atom stereocenters. The number of hydrogen-bond donors (Lipinski definition) is 1. The molecule has 0 aromatic heterocycles. The van der Waals surface area contributed by atoms with Gasteiger partial charge in [-0.1, -0.05) is 32.3 Å². The molecule has 0 heterocycles. The molecule has 0 spiro atoms. The van der Waals surface area contributed by atoms with E-state index in [1.807, 2.05) is 0 Å². The molecule has 1 aliphatic rings. The van der Waals surface area contributed by atoms with Crippen LogP contribution in [-0.2, 0) is 9.53 Å².